The van der Waals surface area contributed by atoms with E-state index in [0.29, 0.717) is 36.0 Å². The summed E-state index contributed by atoms with van der Waals surface area (Å²) in [5.74, 6) is 1.32. The van der Waals surface area contributed by atoms with Gasteiger partial charge >= 0.3 is 0 Å². The summed E-state index contributed by atoms with van der Waals surface area (Å²) in [5.41, 5.74) is 5.97. The lowest BCUT2D eigenvalue weighted by Crippen LogP contribution is -2.29. The highest BCUT2D eigenvalue weighted by atomic mass is 16.5. The molecule has 2 amide bonds. The third-order valence-electron chi connectivity index (χ3n) is 5.18. The Kier molecular flexibility index (Phi) is 9.88. The number of benzene rings is 3. The Hall–Kier alpha value is -4.33. The highest BCUT2D eigenvalue weighted by molar-refractivity contribution is 5.94. The number of hydrogen-bond donors (Lipinski definition) is 2. The molecule has 0 saturated carbocycles. The van der Waals surface area contributed by atoms with Crippen LogP contribution in [0.3, 0.4) is 0 Å². The second-order valence-corrected chi connectivity index (χ2v) is 7.94. The molecule has 3 rings (SSSR count). The molecule has 0 aromatic heterocycles. The smallest absolute Gasteiger partial charge is 0.251 e. The van der Waals surface area contributed by atoms with Gasteiger partial charge in [-0.25, -0.2) is 5.43 Å². The number of amides is 2. The van der Waals surface area contributed by atoms with Crippen molar-refractivity contribution < 1.29 is 23.8 Å². The summed E-state index contributed by atoms with van der Waals surface area (Å²) < 4.78 is 16.7. The fourth-order valence-electron chi connectivity index (χ4n) is 3.21. The van der Waals surface area contributed by atoms with Gasteiger partial charge in [0, 0.05) is 18.5 Å². The van der Waals surface area contributed by atoms with Crippen molar-refractivity contribution in [2.75, 3.05) is 20.3 Å². The summed E-state index contributed by atoms with van der Waals surface area (Å²) in [5, 5.41) is 6.71. The lowest BCUT2D eigenvalue weighted by Gasteiger charge is -2.13. The molecule has 188 valence electrons. The van der Waals surface area contributed by atoms with Gasteiger partial charge < -0.3 is 19.5 Å². The average Bonchev–Trinajstić information content (AvgIpc) is 2.89. The highest BCUT2D eigenvalue weighted by Gasteiger charge is 2.08. The van der Waals surface area contributed by atoms with Crippen molar-refractivity contribution in [3.63, 3.8) is 0 Å². The lowest BCUT2D eigenvalue weighted by molar-refractivity contribution is -0.120. The molecule has 2 N–H and O–H groups in total. The summed E-state index contributed by atoms with van der Waals surface area (Å²) >= 11 is 0. The minimum Gasteiger partial charge on any atom is -0.497 e. The van der Waals surface area contributed by atoms with Crippen LogP contribution in [0.1, 0.15) is 40.4 Å². The SMILES string of the molecule is CCOc1cc(C=NNC(=O)CCNC(=O)c2ccc(OC)cc2)ccc1OCc1ccc(C)cc1. The molecule has 0 atom stereocenters. The Morgan fingerprint density at radius 2 is 1.69 bits per heavy atom. The lowest BCUT2D eigenvalue weighted by atomic mass is 10.2. The van der Waals surface area contributed by atoms with Gasteiger partial charge in [0.2, 0.25) is 5.91 Å². The number of aryl methyl sites for hydroxylation is 1. The van der Waals surface area contributed by atoms with E-state index in [1.165, 1.54) is 11.8 Å². The topological polar surface area (TPSA) is 98.2 Å². The van der Waals surface area contributed by atoms with Crippen molar-refractivity contribution in [1.29, 1.82) is 0 Å². The van der Waals surface area contributed by atoms with E-state index in [2.05, 4.69) is 15.8 Å². The molecule has 0 aliphatic carbocycles. The molecular formula is C28H31N3O5. The van der Waals surface area contributed by atoms with E-state index in [0.717, 1.165) is 11.1 Å². The number of ether oxygens (including phenoxy) is 3. The van der Waals surface area contributed by atoms with Crippen LogP contribution in [-0.4, -0.2) is 38.3 Å². The Labute approximate surface area is 211 Å². The highest BCUT2D eigenvalue weighted by Crippen LogP contribution is 2.29. The Balaban J connectivity index is 1.46. The third kappa shape index (κ3) is 8.16. The second kappa shape index (κ2) is 13.5. The van der Waals surface area contributed by atoms with Crippen LogP contribution >= 0.6 is 0 Å². The zero-order valence-corrected chi connectivity index (χ0v) is 20.7. The zero-order valence-electron chi connectivity index (χ0n) is 20.7. The van der Waals surface area contributed by atoms with Gasteiger partial charge in [-0.15, -0.1) is 0 Å². The Morgan fingerprint density at radius 3 is 2.39 bits per heavy atom. The van der Waals surface area contributed by atoms with Gasteiger partial charge in [0.05, 0.1) is 19.9 Å². The van der Waals surface area contributed by atoms with E-state index in [9.17, 15) is 9.59 Å². The summed E-state index contributed by atoms with van der Waals surface area (Å²) in [7, 11) is 1.56. The zero-order chi connectivity index (χ0) is 25.8. The van der Waals surface area contributed by atoms with Crippen LogP contribution in [0.25, 0.3) is 0 Å². The van der Waals surface area contributed by atoms with Crippen LogP contribution in [0.4, 0.5) is 0 Å². The fraction of sp³-hybridized carbons (Fsp3) is 0.250. The summed E-state index contributed by atoms with van der Waals surface area (Å²) in [6.45, 7) is 5.05. The molecule has 36 heavy (non-hydrogen) atoms. The van der Waals surface area contributed by atoms with E-state index in [1.807, 2.05) is 50.2 Å². The molecule has 0 spiro atoms. The summed E-state index contributed by atoms with van der Waals surface area (Å²) in [6.07, 6.45) is 1.62. The van der Waals surface area contributed by atoms with Gasteiger partial charge in [0.15, 0.2) is 11.5 Å². The summed E-state index contributed by atoms with van der Waals surface area (Å²) in [4.78, 5) is 24.2. The van der Waals surface area contributed by atoms with E-state index in [4.69, 9.17) is 14.2 Å². The average molecular weight is 490 g/mol. The predicted molar refractivity (Wildman–Crippen MR) is 139 cm³/mol. The molecule has 3 aromatic carbocycles. The molecule has 0 saturated heterocycles. The maximum Gasteiger partial charge on any atom is 0.251 e. The quantitative estimate of drug-likeness (QED) is 0.293. The van der Waals surface area contributed by atoms with Crippen molar-refractivity contribution in [2.45, 2.75) is 26.9 Å². The molecule has 0 bridgehead atoms. The fourth-order valence-corrected chi connectivity index (χ4v) is 3.21. The standard InChI is InChI=1S/C28H31N3O5/c1-4-35-26-17-22(9-14-25(26)36-19-21-7-5-20(2)6-8-21)18-30-31-27(32)15-16-29-28(33)23-10-12-24(34-3)13-11-23/h5-14,17-18H,4,15-16,19H2,1-3H3,(H,29,33)(H,31,32). The number of methoxy groups -OCH3 is 1. The van der Waals surface area contributed by atoms with Crippen molar-refractivity contribution in [3.8, 4) is 17.2 Å². The first-order valence-corrected chi connectivity index (χ1v) is 11.7. The van der Waals surface area contributed by atoms with Gasteiger partial charge in [-0.1, -0.05) is 29.8 Å². The molecule has 3 aromatic rings. The monoisotopic (exact) mass is 489 g/mol. The first-order valence-electron chi connectivity index (χ1n) is 11.7. The molecular weight excluding hydrogens is 458 g/mol. The molecule has 0 aliphatic rings. The maximum atomic E-state index is 12.1. The van der Waals surface area contributed by atoms with Crippen LogP contribution in [-0.2, 0) is 11.4 Å². The Morgan fingerprint density at radius 1 is 0.944 bits per heavy atom. The Bertz CT molecular complexity index is 1170. The number of nitrogens with zero attached hydrogens (tertiary/aromatic N) is 1. The van der Waals surface area contributed by atoms with E-state index in [1.54, 1.807) is 37.4 Å². The van der Waals surface area contributed by atoms with Gasteiger partial charge in [0.1, 0.15) is 12.4 Å². The first-order chi connectivity index (χ1) is 17.5. The number of rotatable bonds is 12. The van der Waals surface area contributed by atoms with Gasteiger partial charge in [-0.05, 0) is 67.4 Å². The molecule has 0 unspecified atom stereocenters. The van der Waals surface area contributed by atoms with Crippen molar-refractivity contribution in [1.82, 2.24) is 10.7 Å². The molecule has 0 radical (unpaired) electrons. The van der Waals surface area contributed by atoms with Crippen LogP contribution < -0.4 is 25.0 Å². The predicted octanol–water partition coefficient (Wildman–Crippen LogP) is 4.25. The van der Waals surface area contributed by atoms with Crippen molar-refractivity contribution in [3.05, 3.63) is 89.0 Å². The van der Waals surface area contributed by atoms with Crippen LogP contribution in [0.15, 0.2) is 71.8 Å². The van der Waals surface area contributed by atoms with E-state index in [-0.39, 0.29) is 24.8 Å². The number of carbonyl (C=O) groups excluding carboxylic acids is 2. The van der Waals surface area contributed by atoms with Crippen LogP contribution in [0.5, 0.6) is 17.2 Å². The van der Waals surface area contributed by atoms with E-state index >= 15 is 0 Å². The number of hydrogen-bond acceptors (Lipinski definition) is 6. The van der Waals surface area contributed by atoms with Crippen molar-refractivity contribution in [2.24, 2.45) is 5.10 Å². The van der Waals surface area contributed by atoms with Gasteiger partial charge in [0.25, 0.3) is 5.91 Å². The third-order valence-corrected chi connectivity index (χ3v) is 5.18. The minimum absolute atomic E-state index is 0.0925. The molecule has 0 heterocycles. The number of hydrazone groups is 1. The molecule has 0 fully saturated rings. The summed E-state index contributed by atoms with van der Waals surface area (Å²) in [6, 6.07) is 20.3. The van der Waals surface area contributed by atoms with E-state index < -0.39 is 0 Å². The van der Waals surface area contributed by atoms with Crippen molar-refractivity contribution >= 4 is 18.0 Å². The normalized spacial score (nSPS) is 10.6. The number of nitrogens with one attached hydrogen (secondary N) is 2. The van der Waals surface area contributed by atoms with Crippen LogP contribution in [0, 0.1) is 6.92 Å². The van der Waals surface area contributed by atoms with Crippen LogP contribution in [0.2, 0.25) is 0 Å². The second-order valence-electron chi connectivity index (χ2n) is 7.94. The number of carbonyl (C=O) groups is 2. The molecule has 0 aliphatic heterocycles. The molecule has 8 nitrogen and oxygen atoms in total. The maximum absolute atomic E-state index is 12.1. The van der Waals surface area contributed by atoms with Gasteiger partial charge in [-0.2, -0.15) is 5.10 Å². The largest absolute Gasteiger partial charge is 0.497 e. The molecule has 8 heteroatoms. The first kappa shape index (κ1) is 26.3. The minimum atomic E-state index is -0.315. The van der Waals surface area contributed by atoms with Gasteiger partial charge in [-0.3, -0.25) is 9.59 Å².